The Kier molecular flexibility index (Phi) is 10.2. The van der Waals surface area contributed by atoms with Gasteiger partial charge in [-0.05, 0) is 0 Å². The third-order valence-electron chi connectivity index (χ3n) is 4.42. The zero-order valence-corrected chi connectivity index (χ0v) is 17.5. The van der Waals surface area contributed by atoms with Crippen LogP contribution in [0.25, 0.3) is 0 Å². The average Bonchev–Trinajstić information content (AvgIpc) is 2.36. The molecule has 0 aromatic rings. The Bertz CT molecular complexity index is 271. The first-order valence-electron chi connectivity index (χ1n) is 8.54. The Labute approximate surface area is 130 Å². The topological polar surface area (TPSA) is 26.3 Å². The summed E-state index contributed by atoms with van der Waals surface area (Å²) in [6.07, 6.45) is 9.60. The number of ether oxygens (including phenoxy) is 1. The number of hydrogen-bond acceptors (Lipinski definition) is 2. The predicted octanol–water partition coefficient (Wildman–Crippen LogP) is 5.72. The van der Waals surface area contributed by atoms with Crippen LogP contribution in [-0.2, 0) is 9.53 Å². The number of carbonyl (C=O) groups is 1. The fraction of sp³-hybridized carbons (Fsp3) is 0.941. The summed E-state index contributed by atoms with van der Waals surface area (Å²) >= 11 is -2.33. The molecule has 0 rings (SSSR count). The van der Waals surface area contributed by atoms with Crippen LogP contribution in [0, 0.1) is 0 Å². The van der Waals surface area contributed by atoms with Crippen molar-refractivity contribution in [2.24, 2.45) is 0 Å². The van der Waals surface area contributed by atoms with E-state index in [2.05, 4.69) is 35.6 Å². The molecular weight excluding hydrogens is 355 g/mol. The van der Waals surface area contributed by atoms with E-state index in [0.29, 0.717) is 6.42 Å². The minimum atomic E-state index is -2.33. The Morgan fingerprint density at radius 1 is 0.950 bits per heavy atom. The molecule has 0 radical (unpaired) electrons. The van der Waals surface area contributed by atoms with E-state index in [1.807, 2.05) is 0 Å². The van der Waals surface area contributed by atoms with E-state index in [1.165, 1.54) is 19.3 Å². The van der Waals surface area contributed by atoms with Crippen LogP contribution in [0.15, 0.2) is 0 Å². The van der Waals surface area contributed by atoms with Gasteiger partial charge < -0.3 is 0 Å². The quantitative estimate of drug-likeness (QED) is 0.256. The van der Waals surface area contributed by atoms with Gasteiger partial charge in [0.1, 0.15) is 0 Å². The second-order valence-corrected chi connectivity index (χ2v) is 22.4. The maximum atomic E-state index is 12.2. The van der Waals surface area contributed by atoms with Crippen LogP contribution in [0.1, 0.15) is 78.6 Å². The van der Waals surface area contributed by atoms with Crippen LogP contribution >= 0.6 is 0 Å². The molecule has 0 spiro atoms. The van der Waals surface area contributed by atoms with Crippen molar-refractivity contribution in [2.75, 3.05) is 0 Å². The van der Waals surface area contributed by atoms with E-state index in [9.17, 15) is 4.79 Å². The van der Waals surface area contributed by atoms with Gasteiger partial charge in [0, 0.05) is 0 Å². The Hall–Kier alpha value is 0.269. The van der Waals surface area contributed by atoms with E-state index < -0.39 is 18.4 Å². The number of unbranched alkanes of at least 4 members (excludes halogenated alkanes) is 4. The summed E-state index contributed by atoms with van der Waals surface area (Å²) in [5.41, 5.74) is 0. The van der Waals surface area contributed by atoms with Crippen molar-refractivity contribution in [3.05, 3.63) is 0 Å². The summed E-state index contributed by atoms with van der Waals surface area (Å²) in [5.74, 6) is 0.0448. The summed E-state index contributed by atoms with van der Waals surface area (Å²) < 4.78 is 6.01. The SMILES string of the molecule is CCCCCC(=O)O[C](CC)(CCCCC)[Sn]([CH3])([CH3])[CH3]. The van der Waals surface area contributed by atoms with Gasteiger partial charge in [0.05, 0.1) is 0 Å². The minimum absolute atomic E-state index is 0.0448. The number of carbonyl (C=O) groups excluding carboxylic acids is 1. The van der Waals surface area contributed by atoms with Gasteiger partial charge in [-0.3, -0.25) is 0 Å². The molecule has 1 unspecified atom stereocenters. The van der Waals surface area contributed by atoms with Crippen molar-refractivity contribution < 1.29 is 9.53 Å². The van der Waals surface area contributed by atoms with Crippen LogP contribution in [0.2, 0.25) is 14.8 Å². The Morgan fingerprint density at radius 2 is 1.50 bits per heavy atom. The molecule has 1 atom stereocenters. The van der Waals surface area contributed by atoms with E-state index in [1.54, 1.807) is 0 Å². The summed E-state index contributed by atoms with van der Waals surface area (Å²) in [5, 5.41) is 0. The van der Waals surface area contributed by atoms with Crippen molar-refractivity contribution in [2.45, 2.75) is 97.0 Å². The molecule has 0 bridgehead atoms. The molecule has 0 amide bonds. The zero-order chi connectivity index (χ0) is 15.6. The molecular formula is C17H36O2Sn. The van der Waals surface area contributed by atoms with E-state index >= 15 is 0 Å². The third-order valence-corrected chi connectivity index (χ3v) is 14.2. The van der Waals surface area contributed by atoms with E-state index in [0.717, 1.165) is 32.1 Å². The molecule has 0 aliphatic rings. The second-order valence-electron chi connectivity index (χ2n) is 6.99. The predicted molar refractivity (Wildman–Crippen MR) is 90.7 cm³/mol. The summed E-state index contributed by atoms with van der Waals surface area (Å²) in [6.45, 7) is 6.59. The first-order valence-corrected chi connectivity index (χ1v) is 18.5. The number of rotatable bonds is 11. The van der Waals surface area contributed by atoms with Crippen molar-refractivity contribution in [3.63, 3.8) is 0 Å². The van der Waals surface area contributed by atoms with E-state index in [-0.39, 0.29) is 9.59 Å². The van der Waals surface area contributed by atoms with Crippen LogP contribution < -0.4 is 0 Å². The van der Waals surface area contributed by atoms with Gasteiger partial charge in [-0.25, -0.2) is 0 Å². The molecule has 0 aliphatic carbocycles. The average molecular weight is 391 g/mol. The molecule has 0 N–H and O–H groups in total. The van der Waals surface area contributed by atoms with Crippen LogP contribution in [0.3, 0.4) is 0 Å². The first-order chi connectivity index (χ1) is 9.33. The van der Waals surface area contributed by atoms with Gasteiger partial charge in [-0.2, -0.15) is 0 Å². The molecule has 3 heteroatoms. The molecule has 0 aromatic heterocycles. The van der Waals surface area contributed by atoms with Gasteiger partial charge in [0.15, 0.2) is 0 Å². The van der Waals surface area contributed by atoms with Gasteiger partial charge in [-0.1, -0.05) is 0 Å². The van der Waals surface area contributed by atoms with Gasteiger partial charge >= 0.3 is 131 Å². The molecule has 20 heavy (non-hydrogen) atoms. The van der Waals surface area contributed by atoms with E-state index in [4.69, 9.17) is 4.74 Å². The third kappa shape index (κ3) is 6.82. The molecule has 0 aliphatic heterocycles. The first kappa shape index (κ1) is 20.3. The normalized spacial score (nSPS) is 14.9. The maximum absolute atomic E-state index is 12.2. The Morgan fingerprint density at radius 3 is 1.95 bits per heavy atom. The van der Waals surface area contributed by atoms with Crippen molar-refractivity contribution in [1.29, 1.82) is 0 Å². The van der Waals surface area contributed by atoms with Crippen LogP contribution in [0.4, 0.5) is 0 Å². The van der Waals surface area contributed by atoms with Crippen molar-refractivity contribution >= 4 is 24.3 Å². The molecule has 2 nitrogen and oxygen atoms in total. The second kappa shape index (κ2) is 10.1. The molecule has 0 heterocycles. The summed E-state index contributed by atoms with van der Waals surface area (Å²) in [4.78, 5) is 19.4. The zero-order valence-electron chi connectivity index (χ0n) is 14.7. The van der Waals surface area contributed by atoms with Gasteiger partial charge in [-0.15, -0.1) is 0 Å². The van der Waals surface area contributed by atoms with Crippen LogP contribution in [0.5, 0.6) is 0 Å². The fourth-order valence-corrected chi connectivity index (χ4v) is 9.68. The number of hydrogen-bond donors (Lipinski definition) is 0. The monoisotopic (exact) mass is 392 g/mol. The molecule has 0 aromatic carbocycles. The summed E-state index contributed by atoms with van der Waals surface area (Å²) in [6, 6.07) is 0. The Balaban J connectivity index is 4.70. The molecule has 0 fully saturated rings. The van der Waals surface area contributed by atoms with Gasteiger partial charge in [0.25, 0.3) is 0 Å². The van der Waals surface area contributed by atoms with Crippen molar-refractivity contribution in [3.8, 4) is 0 Å². The summed E-state index contributed by atoms with van der Waals surface area (Å²) in [7, 11) is 0. The van der Waals surface area contributed by atoms with Crippen molar-refractivity contribution in [1.82, 2.24) is 0 Å². The van der Waals surface area contributed by atoms with Crippen LogP contribution in [-0.4, -0.2) is 28.0 Å². The molecule has 0 saturated heterocycles. The number of esters is 1. The fourth-order valence-electron chi connectivity index (χ4n) is 2.81. The standard InChI is InChI=1S/C14H27O2.3CH3.Sn/c1-4-7-9-11-13(6-3)16-14(15)12-10-8-5-2;;;;/h4-12H2,1-3H3;3*1H3;. The molecule has 0 saturated carbocycles. The molecule has 120 valence electrons. The van der Waals surface area contributed by atoms with Gasteiger partial charge in [0.2, 0.25) is 0 Å².